The summed E-state index contributed by atoms with van der Waals surface area (Å²) in [7, 11) is 0. The van der Waals surface area contributed by atoms with Gasteiger partial charge in [0.25, 0.3) is 0 Å². The van der Waals surface area contributed by atoms with Crippen LogP contribution in [0.15, 0.2) is 29.2 Å². The summed E-state index contributed by atoms with van der Waals surface area (Å²) in [5.74, 6) is 3.34. The van der Waals surface area contributed by atoms with Crippen LogP contribution in [-0.4, -0.2) is 5.75 Å². The molecule has 1 aromatic carbocycles. The van der Waals surface area contributed by atoms with Crippen molar-refractivity contribution in [3.8, 4) is 0 Å². The van der Waals surface area contributed by atoms with Crippen molar-refractivity contribution in [3.63, 3.8) is 0 Å². The molecule has 15 heavy (non-hydrogen) atoms. The quantitative estimate of drug-likeness (QED) is 0.630. The molecule has 0 aromatic heterocycles. The maximum Gasteiger partial charge on any atom is 0.0104 e. The minimum atomic E-state index is 0.981. The Hall–Kier alpha value is -0.430. The highest BCUT2D eigenvalue weighted by Gasteiger charge is 2.28. The summed E-state index contributed by atoms with van der Waals surface area (Å²) in [6.45, 7) is 0. The molecule has 0 radical (unpaired) electrons. The van der Waals surface area contributed by atoms with E-state index >= 15 is 0 Å². The molecule has 1 saturated carbocycles. The zero-order valence-corrected chi connectivity index (χ0v) is 9.93. The van der Waals surface area contributed by atoms with Crippen molar-refractivity contribution in [2.24, 2.45) is 11.8 Å². The van der Waals surface area contributed by atoms with Crippen LogP contribution >= 0.6 is 11.8 Å². The van der Waals surface area contributed by atoms with Gasteiger partial charge < -0.3 is 0 Å². The van der Waals surface area contributed by atoms with E-state index in [1.165, 1.54) is 37.9 Å². The normalized spacial score (nSPS) is 30.1. The largest absolute Gasteiger partial charge is 0.126 e. The molecule has 1 heterocycles. The van der Waals surface area contributed by atoms with Gasteiger partial charge in [0.2, 0.25) is 0 Å². The summed E-state index contributed by atoms with van der Waals surface area (Å²) < 4.78 is 0. The van der Waals surface area contributed by atoms with E-state index < -0.39 is 0 Å². The molecule has 1 aromatic rings. The summed E-state index contributed by atoms with van der Waals surface area (Å²) in [5, 5.41) is 0. The van der Waals surface area contributed by atoms with Crippen molar-refractivity contribution in [3.05, 3.63) is 29.8 Å². The Morgan fingerprint density at radius 3 is 2.73 bits per heavy atom. The molecule has 2 aliphatic rings. The average Bonchev–Trinajstić information content (AvgIpc) is 2.48. The van der Waals surface area contributed by atoms with Crippen molar-refractivity contribution >= 4 is 11.8 Å². The fourth-order valence-corrected chi connectivity index (χ4v) is 4.41. The van der Waals surface area contributed by atoms with Gasteiger partial charge in [-0.3, -0.25) is 0 Å². The zero-order valence-electron chi connectivity index (χ0n) is 9.11. The van der Waals surface area contributed by atoms with Crippen molar-refractivity contribution in [2.45, 2.75) is 37.0 Å². The van der Waals surface area contributed by atoms with Gasteiger partial charge in [-0.1, -0.05) is 31.0 Å². The second kappa shape index (κ2) is 4.21. The van der Waals surface area contributed by atoms with Gasteiger partial charge in [-0.25, -0.2) is 0 Å². The third-order valence-electron chi connectivity index (χ3n) is 3.97. The zero-order chi connectivity index (χ0) is 10.1. The van der Waals surface area contributed by atoms with Crippen LogP contribution in [0.2, 0.25) is 0 Å². The Morgan fingerprint density at radius 2 is 1.80 bits per heavy atom. The molecule has 2 atom stereocenters. The lowest BCUT2D eigenvalue weighted by atomic mass is 9.77. The lowest BCUT2D eigenvalue weighted by Gasteiger charge is -2.29. The summed E-state index contributed by atoms with van der Waals surface area (Å²) in [5.41, 5.74) is 1.61. The van der Waals surface area contributed by atoms with Crippen LogP contribution < -0.4 is 0 Å². The second-order valence-electron chi connectivity index (χ2n) is 4.93. The summed E-state index contributed by atoms with van der Waals surface area (Å²) in [4.78, 5) is 1.55. The lowest BCUT2D eigenvalue weighted by molar-refractivity contribution is 0.260. The van der Waals surface area contributed by atoms with Crippen LogP contribution in [0.5, 0.6) is 0 Å². The number of thioether (sulfide) groups is 1. The first-order chi connectivity index (χ1) is 7.43. The highest BCUT2D eigenvalue weighted by atomic mass is 32.2. The standard InChI is InChI=1S/C14H18S/c1-2-7-13-10-15-14-8-4-3-6-12(14)9-11(13)5-1/h3-4,6,8,11,13H,1-2,5,7,9-10H2/t11-,13+/m1/s1. The second-order valence-corrected chi connectivity index (χ2v) is 5.99. The molecule has 3 rings (SSSR count). The molecule has 0 N–H and O–H groups in total. The van der Waals surface area contributed by atoms with E-state index in [-0.39, 0.29) is 0 Å². The van der Waals surface area contributed by atoms with Crippen LogP contribution in [0.4, 0.5) is 0 Å². The van der Waals surface area contributed by atoms with Crippen LogP contribution in [0.25, 0.3) is 0 Å². The van der Waals surface area contributed by atoms with Gasteiger partial charge in [-0.15, -0.1) is 11.8 Å². The Kier molecular flexibility index (Phi) is 2.74. The van der Waals surface area contributed by atoms with Gasteiger partial charge in [0.1, 0.15) is 0 Å². The number of benzene rings is 1. The number of fused-ring (bicyclic) bond motifs is 2. The van der Waals surface area contributed by atoms with Crippen LogP contribution in [-0.2, 0) is 6.42 Å². The topological polar surface area (TPSA) is 0 Å². The van der Waals surface area contributed by atoms with E-state index in [1.54, 1.807) is 10.5 Å². The van der Waals surface area contributed by atoms with Crippen molar-refractivity contribution in [1.29, 1.82) is 0 Å². The summed E-state index contributed by atoms with van der Waals surface area (Å²) in [6.07, 6.45) is 7.23. The minimum Gasteiger partial charge on any atom is -0.126 e. The molecule has 1 aliphatic carbocycles. The molecular weight excluding hydrogens is 200 g/mol. The van der Waals surface area contributed by atoms with Crippen molar-refractivity contribution in [1.82, 2.24) is 0 Å². The van der Waals surface area contributed by atoms with Crippen molar-refractivity contribution in [2.75, 3.05) is 5.75 Å². The van der Waals surface area contributed by atoms with Gasteiger partial charge in [-0.2, -0.15) is 0 Å². The van der Waals surface area contributed by atoms with Gasteiger partial charge in [0.05, 0.1) is 0 Å². The van der Waals surface area contributed by atoms with Crippen LogP contribution in [0, 0.1) is 11.8 Å². The highest BCUT2D eigenvalue weighted by molar-refractivity contribution is 7.99. The number of hydrogen-bond donors (Lipinski definition) is 0. The first-order valence-corrected chi connectivity index (χ1v) is 7.13. The Balaban J connectivity index is 1.88. The molecule has 1 fully saturated rings. The first kappa shape index (κ1) is 9.77. The molecule has 0 nitrogen and oxygen atoms in total. The lowest BCUT2D eigenvalue weighted by Crippen LogP contribution is -2.21. The minimum absolute atomic E-state index is 0.981. The monoisotopic (exact) mass is 218 g/mol. The molecule has 0 bridgehead atoms. The molecular formula is C14H18S. The predicted octanol–water partition coefficient (Wildman–Crippen LogP) is 4.14. The fourth-order valence-electron chi connectivity index (χ4n) is 3.07. The van der Waals surface area contributed by atoms with E-state index in [4.69, 9.17) is 0 Å². The maximum absolute atomic E-state index is 2.33. The highest BCUT2D eigenvalue weighted by Crippen LogP contribution is 2.41. The molecule has 0 spiro atoms. The predicted molar refractivity (Wildman–Crippen MR) is 66.3 cm³/mol. The maximum atomic E-state index is 2.33. The van der Waals surface area contributed by atoms with Gasteiger partial charge >= 0.3 is 0 Å². The molecule has 0 amide bonds. The SMILES string of the molecule is c1ccc2c(c1)C[C@H]1CCCC[C@H]1CS2. The number of rotatable bonds is 0. The molecule has 80 valence electrons. The molecule has 1 aliphatic heterocycles. The van der Waals surface area contributed by atoms with E-state index in [9.17, 15) is 0 Å². The van der Waals surface area contributed by atoms with Crippen LogP contribution in [0.3, 0.4) is 0 Å². The fraction of sp³-hybridized carbons (Fsp3) is 0.571. The van der Waals surface area contributed by atoms with E-state index in [0.29, 0.717) is 0 Å². The molecule has 1 heteroatoms. The van der Waals surface area contributed by atoms with E-state index in [0.717, 1.165) is 11.8 Å². The van der Waals surface area contributed by atoms with Gasteiger partial charge in [0.15, 0.2) is 0 Å². The van der Waals surface area contributed by atoms with Gasteiger partial charge in [0, 0.05) is 10.6 Å². The van der Waals surface area contributed by atoms with E-state index in [1.807, 2.05) is 0 Å². The Labute approximate surface area is 96.5 Å². The molecule has 0 saturated heterocycles. The Morgan fingerprint density at radius 1 is 1.00 bits per heavy atom. The van der Waals surface area contributed by atoms with E-state index in [2.05, 4.69) is 36.0 Å². The Bertz CT molecular complexity index is 345. The average molecular weight is 218 g/mol. The first-order valence-electron chi connectivity index (χ1n) is 6.14. The summed E-state index contributed by atoms with van der Waals surface area (Å²) in [6, 6.07) is 9.01. The van der Waals surface area contributed by atoms with Crippen LogP contribution in [0.1, 0.15) is 31.2 Å². The van der Waals surface area contributed by atoms with Gasteiger partial charge in [-0.05, 0) is 42.7 Å². The summed E-state index contributed by atoms with van der Waals surface area (Å²) >= 11 is 2.10. The third-order valence-corrected chi connectivity index (χ3v) is 5.28. The van der Waals surface area contributed by atoms with Crippen molar-refractivity contribution < 1.29 is 0 Å². The number of hydrogen-bond acceptors (Lipinski definition) is 1. The molecule has 0 unspecified atom stereocenters. The third kappa shape index (κ3) is 1.94. The smallest absolute Gasteiger partial charge is 0.0104 e.